The minimum Gasteiger partial charge on any atom is -0.390 e. The van der Waals surface area contributed by atoms with Crippen LogP contribution >= 0.6 is 11.3 Å². The molecule has 0 aliphatic carbocycles. The molecule has 0 radical (unpaired) electrons. The van der Waals surface area contributed by atoms with Crippen molar-refractivity contribution in [1.82, 2.24) is 0 Å². The van der Waals surface area contributed by atoms with E-state index in [1.54, 1.807) is 6.07 Å². The first kappa shape index (κ1) is 6.29. The summed E-state index contributed by atoms with van der Waals surface area (Å²) in [5, 5.41) is 0.613. The molecular formula is C6H7NOS. The van der Waals surface area contributed by atoms with Gasteiger partial charge >= 0.3 is 0 Å². The van der Waals surface area contributed by atoms with Gasteiger partial charge in [0.25, 0.3) is 0 Å². The zero-order valence-electron chi connectivity index (χ0n) is 5.05. The Balaban J connectivity index is 3.15. The molecule has 0 aliphatic heterocycles. The van der Waals surface area contributed by atoms with Crippen LogP contribution in [0.2, 0.25) is 0 Å². The van der Waals surface area contributed by atoms with Gasteiger partial charge in [0.15, 0.2) is 6.29 Å². The zero-order chi connectivity index (χ0) is 6.85. The lowest BCUT2D eigenvalue weighted by Crippen LogP contribution is -1.83. The van der Waals surface area contributed by atoms with Gasteiger partial charge in [-0.25, -0.2) is 0 Å². The highest BCUT2D eigenvalue weighted by molar-refractivity contribution is 7.16. The highest BCUT2D eigenvalue weighted by atomic mass is 32.1. The quantitative estimate of drug-likeness (QED) is 0.601. The van der Waals surface area contributed by atoms with Gasteiger partial charge in [-0.05, 0) is 13.0 Å². The molecule has 1 rings (SSSR count). The number of carbonyl (C=O) groups is 1. The summed E-state index contributed by atoms with van der Waals surface area (Å²) in [6.07, 6.45) is 0.777. The molecule has 0 bridgehead atoms. The average Bonchev–Trinajstić information content (AvgIpc) is 2.10. The van der Waals surface area contributed by atoms with E-state index in [-0.39, 0.29) is 0 Å². The lowest BCUT2D eigenvalue weighted by Gasteiger charge is -1.80. The van der Waals surface area contributed by atoms with Crippen molar-refractivity contribution in [1.29, 1.82) is 0 Å². The molecule has 0 aliphatic rings. The Hall–Kier alpha value is -0.830. The van der Waals surface area contributed by atoms with E-state index >= 15 is 0 Å². The van der Waals surface area contributed by atoms with Crippen LogP contribution in [-0.4, -0.2) is 6.29 Å². The van der Waals surface area contributed by atoms with Crippen LogP contribution in [0.25, 0.3) is 0 Å². The molecule has 0 amide bonds. The van der Waals surface area contributed by atoms with E-state index in [0.717, 1.165) is 11.2 Å². The summed E-state index contributed by atoms with van der Waals surface area (Å²) in [4.78, 5) is 11.2. The molecule has 9 heavy (non-hydrogen) atoms. The summed E-state index contributed by atoms with van der Waals surface area (Å²) >= 11 is 1.44. The molecule has 0 saturated carbocycles. The maximum Gasteiger partial charge on any atom is 0.153 e. The number of hydrogen-bond donors (Lipinski definition) is 1. The van der Waals surface area contributed by atoms with Crippen LogP contribution in [0.4, 0.5) is 5.00 Å². The largest absolute Gasteiger partial charge is 0.390 e. The normalized spacial score (nSPS) is 9.44. The highest BCUT2D eigenvalue weighted by Crippen LogP contribution is 2.21. The number of anilines is 1. The fourth-order valence-corrected chi connectivity index (χ4v) is 1.40. The van der Waals surface area contributed by atoms with Crippen LogP contribution in [0.3, 0.4) is 0 Å². The van der Waals surface area contributed by atoms with Gasteiger partial charge in [-0.2, -0.15) is 0 Å². The molecule has 0 saturated heterocycles. The molecule has 48 valence electrons. The monoisotopic (exact) mass is 141 g/mol. The second-order valence-corrected chi connectivity index (χ2v) is 3.08. The van der Waals surface area contributed by atoms with Crippen molar-refractivity contribution in [3.05, 3.63) is 16.5 Å². The first-order valence-electron chi connectivity index (χ1n) is 2.55. The Morgan fingerprint density at radius 2 is 2.44 bits per heavy atom. The number of nitrogens with two attached hydrogens (primary N) is 1. The third-order valence-corrected chi connectivity index (χ3v) is 1.94. The van der Waals surface area contributed by atoms with Crippen molar-refractivity contribution in [2.75, 3.05) is 5.73 Å². The maximum absolute atomic E-state index is 10.2. The first-order valence-corrected chi connectivity index (χ1v) is 3.37. The summed E-state index contributed by atoms with van der Waals surface area (Å²) in [7, 11) is 0. The van der Waals surface area contributed by atoms with Crippen LogP contribution in [0.15, 0.2) is 6.07 Å². The molecule has 0 spiro atoms. The van der Waals surface area contributed by atoms with Crippen LogP contribution in [0.5, 0.6) is 0 Å². The van der Waals surface area contributed by atoms with E-state index < -0.39 is 0 Å². The van der Waals surface area contributed by atoms with E-state index in [1.165, 1.54) is 11.3 Å². The molecule has 0 unspecified atom stereocenters. The van der Waals surface area contributed by atoms with E-state index in [2.05, 4.69) is 0 Å². The molecule has 1 aromatic heterocycles. The predicted molar refractivity (Wildman–Crippen MR) is 38.9 cm³/mol. The van der Waals surface area contributed by atoms with Gasteiger partial charge in [-0.15, -0.1) is 11.3 Å². The Labute approximate surface area is 57.3 Å². The molecule has 0 atom stereocenters. The number of carbonyl (C=O) groups excluding carboxylic acids is 1. The number of hydrogen-bond acceptors (Lipinski definition) is 3. The van der Waals surface area contributed by atoms with Crippen molar-refractivity contribution in [3.63, 3.8) is 0 Å². The minimum atomic E-state index is 0.609. The van der Waals surface area contributed by atoms with Gasteiger partial charge in [0.05, 0.1) is 5.00 Å². The van der Waals surface area contributed by atoms with E-state index in [4.69, 9.17) is 5.73 Å². The fourth-order valence-electron chi connectivity index (χ4n) is 0.644. The van der Waals surface area contributed by atoms with Crippen LogP contribution in [0.1, 0.15) is 15.2 Å². The fraction of sp³-hybridized carbons (Fsp3) is 0.167. The van der Waals surface area contributed by atoms with Gasteiger partial charge in [0, 0.05) is 10.4 Å². The molecule has 1 aromatic rings. The average molecular weight is 141 g/mol. The van der Waals surface area contributed by atoms with E-state index in [1.807, 2.05) is 6.92 Å². The van der Waals surface area contributed by atoms with Crippen molar-refractivity contribution in [2.24, 2.45) is 0 Å². The second-order valence-electron chi connectivity index (χ2n) is 1.79. The van der Waals surface area contributed by atoms with Gasteiger partial charge < -0.3 is 5.73 Å². The molecule has 1 heterocycles. The predicted octanol–water partition coefficient (Wildman–Crippen LogP) is 1.45. The third-order valence-electron chi connectivity index (χ3n) is 1.04. The summed E-state index contributed by atoms with van der Waals surface area (Å²) in [6.45, 7) is 1.92. The number of rotatable bonds is 1. The topological polar surface area (TPSA) is 43.1 Å². The Morgan fingerprint density at radius 3 is 2.67 bits per heavy atom. The lowest BCUT2D eigenvalue weighted by atomic mass is 10.3. The van der Waals surface area contributed by atoms with Crippen molar-refractivity contribution >= 4 is 22.6 Å². The Bertz CT molecular complexity index is 229. The molecule has 3 heteroatoms. The van der Waals surface area contributed by atoms with Crippen LogP contribution in [-0.2, 0) is 0 Å². The molecular weight excluding hydrogens is 134 g/mol. The molecule has 2 N–H and O–H groups in total. The van der Waals surface area contributed by atoms with Crippen LogP contribution < -0.4 is 5.73 Å². The number of aryl methyl sites for hydroxylation is 1. The van der Waals surface area contributed by atoms with E-state index in [9.17, 15) is 4.79 Å². The summed E-state index contributed by atoms with van der Waals surface area (Å²) in [5.41, 5.74) is 6.05. The van der Waals surface area contributed by atoms with Crippen molar-refractivity contribution < 1.29 is 4.79 Å². The first-order chi connectivity index (χ1) is 4.24. The summed E-state index contributed by atoms with van der Waals surface area (Å²) in [6, 6.07) is 1.78. The molecule has 2 nitrogen and oxygen atoms in total. The second kappa shape index (κ2) is 2.19. The lowest BCUT2D eigenvalue weighted by molar-refractivity contribution is 0.112. The summed E-state index contributed by atoms with van der Waals surface area (Å²) in [5.74, 6) is 0. The van der Waals surface area contributed by atoms with Gasteiger partial charge in [0.1, 0.15) is 0 Å². The van der Waals surface area contributed by atoms with Gasteiger partial charge in [0.2, 0.25) is 0 Å². The standard InChI is InChI=1S/C6H7NOS/c1-4-2-5(3-8)6(7)9-4/h2-3H,7H2,1H3. The Morgan fingerprint density at radius 1 is 1.78 bits per heavy atom. The smallest absolute Gasteiger partial charge is 0.153 e. The Kier molecular flexibility index (Phi) is 1.53. The van der Waals surface area contributed by atoms with Crippen molar-refractivity contribution in [2.45, 2.75) is 6.92 Å². The van der Waals surface area contributed by atoms with Gasteiger partial charge in [-0.1, -0.05) is 0 Å². The SMILES string of the molecule is Cc1cc(C=O)c(N)s1. The molecule has 0 aromatic carbocycles. The van der Waals surface area contributed by atoms with Crippen LogP contribution in [0, 0.1) is 6.92 Å². The van der Waals surface area contributed by atoms with Crippen molar-refractivity contribution in [3.8, 4) is 0 Å². The minimum absolute atomic E-state index is 0.609. The van der Waals surface area contributed by atoms with Gasteiger partial charge in [-0.3, -0.25) is 4.79 Å². The summed E-state index contributed by atoms with van der Waals surface area (Å²) < 4.78 is 0. The third kappa shape index (κ3) is 1.10. The highest BCUT2D eigenvalue weighted by Gasteiger charge is 1.99. The number of nitrogen functional groups attached to an aromatic ring is 1. The zero-order valence-corrected chi connectivity index (χ0v) is 5.87. The maximum atomic E-state index is 10.2. The van der Waals surface area contributed by atoms with E-state index in [0.29, 0.717) is 10.6 Å². The molecule has 0 fully saturated rings. The number of thiophene rings is 1. The number of aldehydes is 1.